The third-order valence-corrected chi connectivity index (χ3v) is 4.80. The molecule has 1 saturated heterocycles. The number of hydrogen-bond acceptors (Lipinski definition) is 2. The first-order valence-electron chi connectivity index (χ1n) is 7.41. The van der Waals surface area contributed by atoms with Crippen LogP contribution in [0.3, 0.4) is 0 Å². The Labute approximate surface area is 116 Å². The van der Waals surface area contributed by atoms with E-state index in [1.807, 2.05) is 0 Å². The molecule has 1 unspecified atom stereocenters. The summed E-state index contributed by atoms with van der Waals surface area (Å²) in [5, 5.41) is 3.78. The number of benzene rings is 1. The number of rotatable bonds is 3. The summed E-state index contributed by atoms with van der Waals surface area (Å²) >= 11 is 0. The predicted molar refractivity (Wildman–Crippen MR) is 78.4 cm³/mol. The Kier molecular flexibility index (Phi) is 3.18. The van der Waals surface area contributed by atoms with Crippen LogP contribution in [0.25, 0.3) is 0 Å². The fourth-order valence-electron chi connectivity index (χ4n) is 3.35. The molecule has 3 rings (SSSR count). The molecule has 0 spiro atoms. The average molecular weight is 259 g/mol. The van der Waals surface area contributed by atoms with Crippen LogP contribution in [0, 0.1) is 5.41 Å². The Balaban J connectivity index is 1.77. The summed E-state index contributed by atoms with van der Waals surface area (Å²) in [6.07, 6.45) is 2.50. The Morgan fingerprint density at radius 1 is 1.21 bits per heavy atom. The monoisotopic (exact) mass is 259 g/mol. The lowest BCUT2D eigenvalue weighted by molar-refractivity contribution is -0.100. The van der Waals surface area contributed by atoms with E-state index in [1.165, 1.54) is 24.0 Å². The largest absolute Gasteiger partial charge is 0.380 e. The van der Waals surface area contributed by atoms with Crippen molar-refractivity contribution in [3.8, 4) is 0 Å². The van der Waals surface area contributed by atoms with Crippen molar-refractivity contribution in [1.82, 2.24) is 5.32 Å². The van der Waals surface area contributed by atoms with Gasteiger partial charge in [-0.25, -0.2) is 0 Å². The smallest absolute Gasteiger partial charge is 0.0554 e. The lowest BCUT2D eigenvalue weighted by Crippen LogP contribution is -2.48. The molecular weight excluding hydrogens is 234 g/mol. The van der Waals surface area contributed by atoms with Crippen LogP contribution in [0.1, 0.15) is 50.8 Å². The molecule has 0 radical (unpaired) electrons. The number of ether oxygens (including phenoxy) is 1. The third-order valence-electron chi connectivity index (χ3n) is 4.80. The fraction of sp³-hybridized carbons (Fsp3) is 0.647. The SMILES string of the molecule is CC1(CNC2CCC(C)(C)c3ccccc32)COC1. The quantitative estimate of drug-likeness (QED) is 0.898. The first kappa shape index (κ1) is 13.1. The predicted octanol–water partition coefficient (Wildman–Crippen LogP) is 3.43. The van der Waals surface area contributed by atoms with E-state index in [-0.39, 0.29) is 0 Å². The second kappa shape index (κ2) is 4.60. The number of hydrogen-bond donors (Lipinski definition) is 1. The Morgan fingerprint density at radius 3 is 2.63 bits per heavy atom. The van der Waals surface area contributed by atoms with Gasteiger partial charge in [0.2, 0.25) is 0 Å². The molecule has 1 aliphatic heterocycles. The molecule has 1 aromatic rings. The minimum absolute atomic E-state index is 0.318. The van der Waals surface area contributed by atoms with E-state index in [4.69, 9.17) is 4.74 Å². The van der Waals surface area contributed by atoms with Gasteiger partial charge >= 0.3 is 0 Å². The molecule has 0 bridgehead atoms. The normalized spacial score (nSPS) is 27.4. The van der Waals surface area contributed by atoms with Crippen LogP contribution in [0.2, 0.25) is 0 Å². The van der Waals surface area contributed by atoms with Gasteiger partial charge in [-0.3, -0.25) is 0 Å². The molecule has 0 amide bonds. The van der Waals surface area contributed by atoms with Gasteiger partial charge < -0.3 is 10.1 Å². The van der Waals surface area contributed by atoms with Gasteiger partial charge in [0.1, 0.15) is 0 Å². The number of fused-ring (bicyclic) bond motifs is 1. The van der Waals surface area contributed by atoms with Crippen LogP contribution in [0.4, 0.5) is 0 Å². The van der Waals surface area contributed by atoms with E-state index in [9.17, 15) is 0 Å². The maximum Gasteiger partial charge on any atom is 0.0554 e. The molecule has 1 N–H and O–H groups in total. The highest BCUT2D eigenvalue weighted by Crippen LogP contribution is 2.41. The molecule has 2 nitrogen and oxygen atoms in total. The lowest BCUT2D eigenvalue weighted by Gasteiger charge is -2.42. The van der Waals surface area contributed by atoms with Gasteiger partial charge in [0.15, 0.2) is 0 Å². The van der Waals surface area contributed by atoms with E-state index in [1.54, 1.807) is 0 Å². The van der Waals surface area contributed by atoms with Crippen molar-refractivity contribution in [1.29, 1.82) is 0 Å². The van der Waals surface area contributed by atoms with Gasteiger partial charge in [-0.05, 0) is 29.4 Å². The first-order valence-corrected chi connectivity index (χ1v) is 7.41. The topological polar surface area (TPSA) is 21.3 Å². The summed E-state index contributed by atoms with van der Waals surface area (Å²) in [6, 6.07) is 9.46. The maximum atomic E-state index is 5.34. The van der Waals surface area contributed by atoms with Crippen molar-refractivity contribution in [2.45, 2.75) is 45.1 Å². The molecular formula is C17H25NO. The van der Waals surface area contributed by atoms with Gasteiger partial charge in [0, 0.05) is 18.0 Å². The second-order valence-corrected chi connectivity index (χ2v) is 7.25. The zero-order valence-corrected chi connectivity index (χ0v) is 12.3. The van der Waals surface area contributed by atoms with Gasteiger partial charge in [0.05, 0.1) is 13.2 Å². The average Bonchev–Trinajstić information content (AvgIpc) is 2.36. The van der Waals surface area contributed by atoms with Crippen molar-refractivity contribution < 1.29 is 4.74 Å². The highest BCUT2D eigenvalue weighted by atomic mass is 16.5. The Bertz CT molecular complexity index is 462. The molecule has 2 heteroatoms. The highest BCUT2D eigenvalue weighted by molar-refractivity contribution is 5.38. The van der Waals surface area contributed by atoms with E-state index in [0.717, 1.165) is 19.8 Å². The summed E-state index contributed by atoms with van der Waals surface area (Å²) in [6.45, 7) is 9.90. The van der Waals surface area contributed by atoms with E-state index in [0.29, 0.717) is 16.9 Å². The van der Waals surface area contributed by atoms with Gasteiger partial charge in [-0.1, -0.05) is 45.0 Å². The summed E-state index contributed by atoms with van der Waals surface area (Å²) < 4.78 is 5.34. The first-order chi connectivity index (χ1) is 9.00. The molecule has 1 aliphatic carbocycles. The van der Waals surface area contributed by atoms with E-state index in [2.05, 4.69) is 50.4 Å². The van der Waals surface area contributed by atoms with Crippen molar-refractivity contribution in [2.75, 3.05) is 19.8 Å². The van der Waals surface area contributed by atoms with Crippen molar-refractivity contribution >= 4 is 0 Å². The second-order valence-electron chi connectivity index (χ2n) is 7.25. The van der Waals surface area contributed by atoms with Gasteiger partial charge in [0.25, 0.3) is 0 Å². The molecule has 0 aromatic heterocycles. The van der Waals surface area contributed by atoms with E-state index >= 15 is 0 Å². The summed E-state index contributed by atoms with van der Waals surface area (Å²) in [5.74, 6) is 0. The van der Waals surface area contributed by atoms with Crippen LogP contribution in [-0.4, -0.2) is 19.8 Å². The molecule has 1 fully saturated rings. The minimum Gasteiger partial charge on any atom is -0.380 e. The lowest BCUT2D eigenvalue weighted by atomic mass is 9.71. The van der Waals surface area contributed by atoms with Crippen LogP contribution >= 0.6 is 0 Å². The molecule has 104 valence electrons. The summed E-state index contributed by atoms with van der Waals surface area (Å²) in [7, 11) is 0. The molecule has 1 atom stereocenters. The maximum absolute atomic E-state index is 5.34. The molecule has 1 heterocycles. The summed E-state index contributed by atoms with van der Waals surface area (Å²) in [5.41, 5.74) is 3.69. The zero-order valence-electron chi connectivity index (χ0n) is 12.3. The molecule has 2 aliphatic rings. The molecule has 19 heavy (non-hydrogen) atoms. The fourth-order valence-corrected chi connectivity index (χ4v) is 3.35. The van der Waals surface area contributed by atoms with Crippen molar-refractivity contribution in [3.63, 3.8) is 0 Å². The summed E-state index contributed by atoms with van der Waals surface area (Å²) in [4.78, 5) is 0. The van der Waals surface area contributed by atoms with Crippen LogP contribution < -0.4 is 5.32 Å². The Morgan fingerprint density at radius 2 is 1.95 bits per heavy atom. The third kappa shape index (κ3) is 2.44. The van der Waals surface area contributed by atoms with Crippen molar-refractivity contribution in [2.24, 2.45) is 5.41 Å². The number of nitrogens with one attached hydrogen (secondary N) is 1. The molecule has 1 aromatic carbocycles. The standard InChI is InChI=1S/C17H25NO/c1-16(2)9-8-15(13-6-4-5-7-14(13)16)18-10-17(3)11-19-12-17/h4-7,15,18H,8-12H2,1-3H3. The van der Waals surface area contributed by atoms with Gasteiger partial charge in [-0.2, -0.15) is 0 Å². The van der Waals surface area contributed by atoms with E-state index < -0.39 is 0 Å². The molecule has 0 saturated carbocycles. The van der Waals surface area contributed by atoms with Crippen molar-refractivity contribution in [3.05, 3.63) is 35.4 Å². The van der Waals surface area contributed by atoms with Gasteiger partial charge in [-0.15, -0.1) is 0 Å². The highest BCUT2D eigenvalue weighted by Gasteiger charge is 2.36. The van der Waals surface area contributed by atoms with Crippen LogP contribution in [0.15, 0.2) is 24.3 Å². The Hall–Kier alpha value is -0.860. The zero-order chi connectivity index (χ0) is 13.5. The van der Waals surface area contributed by atoms with Crippen LogP contribution in [0.5, 0.6) is 0 Å². The minimum atomic E-state index is 0.318. The van der Waals surface area contributed by atoms with Crippen LogP contribution in [-0.2, 0) is 10.2 Å².